The fourth-order valence-electron chi connectivity index (χ4n) is 4.14. The standard InChI is InChI=1S/C28H25F3N4O5/c1-39-19-13-18(14-20(15-19)40-2)35-22-12-17(28(29,30)31)8-9-21(22)25(27(35)38)26(16-6-4-3-5-7-16)34-33-24(37)11-10-23(32)36/h3-9,12-15,38H,10-11H2,1-2H3,(H2,32,36)(H,33,37). The van der Waals surface area contributed by atoms with E-state index in [1.807, 2.05) is 0 Å². The molecule has 4 N–H and O–H groups in total. The number of carbonyl (C=O) groups is 2. The highest BCUT2D eigenvalue weighted by Gasteiger charge is 2.32. The number of fused-ring (bicyclic) bond motifs is 1. The molecule has 40 heavy (non-hydrogen) atoms. The summed E-state index contributed by atoms with van der Waals surface area (Å²) in [6.07, 6.45) is -5.09. The molecule has 0 unspecified atom stereocenters. The lowest BCUT2D eigenvalue weighted by molar-refractivity contribution is -0.137. The normalized spacial score (nSPS) is 11.9. The number of alkyl halides is 3. The van der Waals surface area contributed by atoms with Crippen LogP contribution in [0.1, 0.15) is 29.5 Å². The fraction of sp³-hybridized carbons (Fsp3) is 0.179. The average molecular weight is 555 g/mol. The minimum Gasteiger partial charge on any atom is -0.497 e. The molecule has 2 amide bonds. The molecule has 0 aliphatic heterocycles. The quantitative estimate of drug-likeness (QED) is 0.207. The molecule has 0 atom stereocenters. The van der Waals surface area contributed by atoms with Crippen LogP contribution in [0.4, 0.5) is 13.2 Å². The second kappa shape index (κ2) is 11.4. The number of ether oxygens (including phenoxy) is 2. The minimum atomic E-state index is -4.66. The van der Waals surface area contributed by atoms with Gasteiger partial charge in [-0.1, -0.05) is 36.4 Å². The number of nitrogens with one attached hydrogen (secondary N) is 1. The van der Waals surface area contributed by atoms with E-state index in [0.29, 0.717) is 17.1 Å². The molecule has 0 saturated heterocycles. The van der Waals surface area contributed by atoms with Crippen LogP contribution in [-0.2, 0) is 15.8 Å². The zero-order valence-electron chi connectivity index (χ0n) is 21.5. The molecule has 9 nitrogen and oxygen atoms in total. The number of nitrogens with zero attached hydrogens (tertiary/aromatic N) is 2. The van der Waals surface area contributed by atoms with Crippen molar-refractivity contribution in [1.29, 1.82) is 0 Å². The Hall–Kier alpha value is -5.00. The summed E-state index contributed by atoms with van der Waals surface area (Å²) in [6, 6.07) is 16.1. The number of aromatic nitrogens is 1. The van der Waals surface area contributed by atoms with E-state index in [2.05, 4.69) is 10.5 Å². The number of hydrogen-bond acceptors (Lipinski definition) is 6. The Balaban J connectivity index is 2.01. The predicted octanol–water partition coefficient (Wildman–Crippen LogP) is 4.51. The highest BCUT2D eigenvalue weighted by Crippen LogP contribution is 2.40. The molecule has 1 heterocycles. The second-order valence-corrected chi connectivity index (χ2v) is 8.66. The lowest BCUT2D eigenvalue weighted by Crippen LogP contribution is -2.22. The number of nitrogens with two attached hydrogens (primary N) is 1. The molecule has 0 saturated carbocycles. The van der Waals surface area contributed by atoms with Crippen molar-refractivity contribution in [3.05, 3.63) is 83.4 Å². The third-order valence-corrected chi connectivity index (χ3v) is 6.04. The van der Waals surface area contributed by atoms with E-state index in [1.165, 1.54) is 37.0 Å². The number of aromatic hydroxyl groups is 1. The summed E-state index contributed by atoms with van der Waals surface area (Å²) in [6.45, 7) is 0. The smallest absolute Gasteiger partial charge is 0.416 e. The molecule has 208 valence electrons. The van der Waals surface area contributed by atoms with Crippen molar-refractivity contribution in [2.75, 3.05) is 14.2 Å². The van der Waals surface area contributed by atoms with E-state index in [1.54, 1.807) is 36.4 Å². The number of benzene rings is 3. The molecule has 0 spiro atoms. The van der Waals surface area contributed by atoms with Gasteiger partial charge in [0.05, 0.1) is 36.6 Å². The Morgan fingerprint density at radius 2 is 1.62 bits per heavy atom. The molecule has 0 bridgehead atoms. The van der Waals surface area contributed by atoms with Crippen LogP contribution in [0.25, 0.3) is 16.6 Å². The highest BCUT2D eigenvalue weighted by molar-refractivity contribution is 6.21. The number of hydrazone groups is 1. The van der Waals surface area contributed by atoms with Crippen molar-refractivity contribution in [3.8, 4) is 23.1 Å². The Morgan fingerprint density at radius 3 is 2.20 bits per heavy atom. The number of primary amides is 1. The van der Waals surface area contributed by atoms with Crippen molar-refractivity contribution in [2.45, 2.75) is 19.0 Å². The van der Waals surface area contributed by atoms with E-state index in [4.69, 9.17) is 15.2 Å². The van der Waals surface area contributed by atoms with Gasteiger partial charge in [0.25, 0.3) is 0 Å². The van der Waals surface area contributed by atoms with E-state index in [0.717, 1.165) is 12.1 Å². The molecule has 12 heteroatoms. The average Bonchev–Trinajstić information content (AvgIpc) is 3.22. The van der Waals surface area contributed by atoms with E-state index < -0.39 is 29.4 Å². The monoisotopic (exact) mass is 554 g/mol. The Morgan fingerprint density at radius 1 is 0.975 bits per heavy atom. The summed E-state index contributed by atoms with van der Waals surface area (Å²) in [4.78, 5) is 23.4. The van der Waals surface area contributed by atoms with Gasteiger partial charge < -0.3 is 20.3 Å². The van der Waals surface area contributed by atoms with Crippen LogP contribution < -0.4 is 20.6 Å². The first-order valence-electron chi connectivity index (χ1n) is 11.9. The molecule has 0 aliphatic carbocycles. The zero-order valence-corrected chi connectivity index (χ0v) is 21.5. The third-order valence-electron chi connectivity index (χ3n) is 6.04. The van der Waals surface area contributed by atoms with Gasteiger partial charge in [0.15, 0.2) is 0 Å². The maximum atomic E-state index is 13.7. The number of carbonyl (C=O) groups excluding carboxylic acids is 2. The molecule has 3 aromatic carbocycles. The summed E-state index contributed by atoms with van der Waals surface area (Å²) in [5.74, 6) is -1.06. The molecule has 0 fully saturated rings. The largest absolute Gasteiger partial charge is 0.497 e. The summed E-state index contributed by atoms with van der Waals surface area (Å²) in [5, 5.41) is 16.0. The molecular weight excluding hydrogens is 529 g/mol. The molecule has 1 aromatic heterocycles. The number of rotatable bonds is 9. The first kappa shape index (κ1) is 28.0. The first-order valence-corrected chi connectivity index (χ1v) is 11.9. The van der Waals surface area contributed by atoms with Crippen LogP contribution in [0.2, 0.25) is 0 Å². The number of hydrogen-bond donors (Lipinski definition) is 3. The van der Waals surface area contributed by atoms with Crippen molar-refractivity contribution in [1.82, 2.24) is 9.99 Å². The van der Waals surface area contributed by atoms with Crippen molar-refractivity contribution >= 4 is 28.4 Å². The number of halogens is 3. The SMILES string of the molecule is COc1cc(OC)cc(-n2c(O)c(C(=NNC(=O)CCC(N)=O)c3ccccc3)c3ccc(C(F)(F)F)cc32)c1. The second-order valence-electron chi connectivity index (χ2n) is 8.66. The molecular formula is C28H25F3N4O5. The lowest BCUT2D eigenvalue weighted by atomic mass is 10.0. The van der Waals surface area contributed by atoms with Gasteiger partial charge in [-0.05, 0) is 12.1 Å². The maximum Gasteiger partial charge on any atom is 0.416 e. The third kappa shape index (κ3) is 5.85. The Labute approximate surface area is 226 Å². The van der Waals surface area contributed by atoms with Gasteiger partial charge >= 0.3 is 6.18 Å². The van der Waals surface area contributed by atoms with Crippen LogP contribution in [0.15, 0.2) is 71.8 Å². The zero-order chi connectivity index (χ0) is 29.0. The molecule has 0 aliphatic rings. The topological polar surface area (TPSA) is 128 Å². The summed E-state index contributed by atoms with van der Waals surface area (Å²) >= 11 is 0. The van der Waals surface area contributed by atoms with Crippen molar-refractivity contribution < 1.29 is 37.3 Å². The van der Waals surface area contributed by atoms with Crippen LogP contribution in [-0.4, -0.2) is 41.4 Å². The van der Waals surface area contributed by atoms with E-state index >= 15 is 0 Å². The summed E-state index contributed by atoms with van der Waals surface area (Å²) < 4.78 is 53.1. The highest BCUT2D eigenvalue weighted by atomic mass is 19.4. The lowest BCUT2D eigenvalue weighted by Gasteiger charge is -2.13. The van der Waals surface area contributed by atoms with Crippen LogP contribution >= 0.6 is 0 Å². The van der Waals surface area contributed by atoms with Gasteiger partial charge in [-0.3, -0.25) is 14.2 Å². The van der Waals surface area contributed by atoms with Gasteiger partial charge in [-0.15, -0.1) is 0 Å². The van der Waals surface area contributed by atoms with Gasteiger partial charge in [0.2, 0.25) is 17.7 Å². The van der Waals surface area contributed by atoms with Crippen LogP contribution in [0.3, 0.4) is 0 Å². The van der Waals surface area contributed by atoms with Crippen molar-refractivity contribution in [2.24, 2.45) is 10.8 Å². The van der Waals surface area contributed by atoms with Gasteiger partial charge in [-0.25, -0.2) is 5.43 Å². The molecule has 0 radical (unpaired) electrons. The van der Waals surface area contributed by atoms with Gasteiger partial charge in [0.1, 0.15) is 17.2 Å². The van der Waals surface area contributed by atoms with E-state index in [-0.39, 0.29) is 40.7 Å². The number of methoxy groups -OCH3 is 2. The maximum absolute atomic E-state index is 13.7. The van der Waals surface area contributed by atoms with Crippen LogP contribution in [0.5, 0.6) is 17.4 Å². The number of amides is 2. The van der Waals surface area contributed by atoms with E-state index in [9.17, 15) is 27.9 Å². The molecule has 4 rings (SSSR count). The first-order chi connectivity index (χ1) is 19.0. The fourth-order valence-corrected chi connectivity index (χ4v) is 4.14. The predicted molar refractivity (Wildman–Crippen MR) is 142 cm³/mol. The van der Waals surface area contributed by atoms with Gasteiger partial charge in [0, 0.05) is 42.0 Å². The van der Waals surface area contributed by atoms with Crippen LogP contribution in [0, 0.1) is 0 Å². The van der Waals surface area contributed by atoms with Gasteiger partial charge in [-0.2, -0.15) is 18.3 Å². The van der Waals surface area contributed by atoms with Crippen molar-refractivity contribution in [3.63, 3.8) is 0 Å². The summed E-state index contributed by atoms with van der Waals surface area (Å²) in [5.41, 5.74) is 7.39. The Kier molecular flexibility index (Phi) is 7.98. The Bertz CT molecular complexity index is 1580. The molecule has 4 aromatic rings. The summed E-state index contributed by atoms with van der Waals surface area (Å²) in [7, 11) is 2.83. The minimum absolute atomic E-state index is 0.0151.